The molecule has 2 bridgehead atoms. The summed E-state index contributed by atoms with van der Waals surface area (Å²) in [5.41, 5.74) is 7.80. The van der Waals surface area contributed by atoms with Crippen LogP contribution in [0.5, 0.6) is 5.75 Å². The Labute approximate surface area is 210 Å². The van der Waals surface area contributed by atoms with Gasteiger partial charge in [0.1, 0.15) is 17.7 Å². The molecule has 5 rings (SSSR count). The molecule has 0 unspecified atom stereocenters. The summed E-state index contributed by atoms with van der Waals surface area (Å²) in [6.07, 6.45) is 9.38. The van der Waals surface area contributed by atoms with Gasteiger partial charge in [0.05, 0.1) is 23.7 Å². The van der Waals surface area contributed by atoms with Gasteiger partial charge < -0.3 is 15.4 Å². The van der Waals surface area contributed by atoms with Crippen LogP contribution in [0.1, 0.15) is 61.6 Å². The third-order valence-electron chi connectivity index (χ3n) is 7.35. The number of nitrogens with zero attached hydrogens (tertiary/aromatic N) is 4. The first-order chi connectivity index (χ1) is 16.9. The Morgan fingerprint density at radius 1 is 1.17 bits per heavy atom. The van der Waals surface area contributed by atoms with E-state index in [1.165, 1.54) is 43.4 Å². The molecule has 2 fully saturated rings. The number of carbonyl (C=O) groups is 1. The Balaban J connectivity index is 1.32. The molecule has 1 aromatic carbocycles. The van der Waals surface area contributed by atoms with Gasteiger partial charge >= 0.3 is 0 Å². The molecule has 3 aliphatic rings. The zero-order valence-electron chi connectivity index (χ0n) is 19.9. The zero-order valence-corrected chi connectivity index (χ0v) is 20.7. The third-order valence-corrected chi connectivity index (χ3v) is 7.55. The van der Waals surface area contributed by atoms with Crippen molar-refractivity contribution in [1.29, 1.82) is 0 Å². The highest BCUT2D eigenvalue weighted by Gasteiger charge is 2.38. The number of fused-ring (bicyclic) bond motifs is 2. The highest BCUT2D eigenvalue weighted by Crippen LogP contribution is 2.37. The van der Waals surface area contributed by atoms with Crippen LogP contribution in [0.4, 0.5) is 4.39 Å². The van der Waals surface area contributed by atoms with E-state index in [0.717, 1.165) is 32.2 Å². The molecule has 0 spiro atoms. The molecule has 3 aliphatic heterocycles. The molecule has 2 N–H and O–H groups in total. The molecule has 4 heterocycles. The molecule has 0 radical (unpaired) electrons. The summed E-state index contributed by atoms with van der Waals surface area (Å²) < 4.78 is 20.6. The summed E-state index contributed by atoms with van der Waals surface area (Å²) in [4.78, 5) is 26.2. The molecule has 1 amide bonds. The maximum Gasteiger partial charge on any atom is 0.258 e. The number of hydrogen-bond donors (Lipinski definition) is 1. The number of aromatic nitrogens is 2. The fourth-order valence-corrected chi connectivity index (χ4v) is 5.80. The minimum absolute atomic E-state index is 0.0437. The van der Waals surface area contributed by atoms with E-state index in [1.807, 2.05) is 0 Å². The van der Waals surface area contributed by atoms with E-state index < -0.39 is 5.82 Å². The van der Waals surface area contributed by atoms with Gasteiger partial charge in [0, 0.05) is 41.8 Å². The van der Waals surface area contributed by atoms with Gasteiger partial charge in [0.2, 0.25) is 0 Å². The Bertz CT molecular complexity index is 1130. The SMILES string of the molecule is CCCN1[C@@H]2CC[C@@H](Oc3cc(F)ccc3C(=O)N3CC(N)=C(c4ncc(Cl)cn4)C3)C[C@H]1CC2. The number of amides is 1. The lowest BCUT2D eigenvalue weighted by Crippen LogP contribution is -2.36. The second-order valence-electron chi connectivity index (χ2n) is 9.71. The first-order valence-corrected chi connectivity index (χ1v) is 12.8. The van der Waals surface area contributed by atoms with Crippen LogP contribution in [0.25, 0.3) is 5.57 Å². The van der Waals surface area contributed by atoms with E-state index in [4.69, 9.17) is 22.1 Å². The van der Waals surface area contributed by atoms with Crippen molar-refractivity contribution in [3.05, 3.63) is 58.5 Å². The van der Waals surface area contributed by atoms with E-state index >= 15 is 0 Å². The first-order valence-electron chi connectivity index (χ1n) is 12.4. The smallest absolute Gasteiger partial charge is 0.258 e. The molecule has 0 aliphatic carbocycles. The summed E-state index contributed by atoms with van der Waals surface area (Å²) in [7, 11) is 0. The van der Waals surface area contributed by atoms with E-state index in [1.54, 1.807) is 4.90 Å². The van der Waals surface area contributed by atoms with E-state index in [9.17, 15) is 9.18 Å². The molecule has 0 saturated carbocycles. The fraction of sp³-hybridized carbons (Fsp3) is 0.500. The number of nitrogens with two attached hydrogens (primary N) is 1. The lowest BCUT2D eigenvalue weighted by atomic mass is 9.98. The normalized spacial score (nSPS) is 24.7. The highest BCUT2D eigenvalue weighted by atomic mass is 35.5. The quantitative estimate of drug-likeness (QED) is 0.639. The second-order valence-corrected chi connectivity index (χ2v) is 10.1. The van der Waals surface area contributed by atoms with Crippen molar-refractivity contribution in [3.8, 4) is 5.75 Å². The van der Waals surface area contributed by atoms with Crippen molar-refractivity contribution >= 4 is 23.1 Å². The maximum absolute atomic E-state index is 14.2. The first kappa shape index (κ1) is 24.0. The molecule has 2 saturated heterocycles. The number of carbonyl (C=O) groups excluding carboxylic acids is 1. The Morgan fingerprint density at radius 2 is 1.91 bits per heavy atom. The summed E-state index contributed by atoms with van der Waals surface area (Å²) in [6.45, 7) is 3.83. The Kier molecular flexibility index (Phi) is 6.93. The van der Waals surface area contributed by atoms with Crippen LogP contribution in [-0.4, -0.2) is 63.5 Å². The number of rotatable bonds is 6. The zero-order chi connectivity index (χ0) is 24.5. The highest BCUT2D eigenvalue weighted by molar-refractivity contribution is 6.30. The van der Waals surface area contributed by atoms with Crippen LogP contribution >= 0.6 is 11.6 Å². The third kappa shape index (κ3) is 5.00. The molecule has 9 heteroatoms. The Hall–Kier alpha value is -2.71. The molecule has 3 atom stereocenters. The van der Waals surface area contributed by atoms with Crippen LogP contribution in [-0.2, 0) is 0 Å². The monoisotopic (exact) mass is 499 g/mol. The predicted octanol–water partition coefficient (Wildman–Crippen LogP) is 4.27. The average molecular weight is 500 g/mol. The fourth-order valence-electron chi connectivity index (χ4n) is 5.70. The topological polar surface area (TPSA) is 84.6 Å². The number of hydrogen-bond acceptors (Lipinski definition) is 6. The standard InChI is InChI=1S/C26H31ClFN5O2/c1-2-9-33-18-4-5-19(33)11-20(7-6-18)35-24-10-17(28)3-8-21(24)26(34)32-14-22(23(29)15-32)25-30-12-16(27)13-31-25/h3,8,10,12-13,18-20H,2,4-7,9,11,14-15,29H2,1H3/t18-,19+,20+/m0/s1. The Morgan fingerprint density at radius 3 is 2.69 bits per heavy atom. The van der Waals surface area contributed by atoms with Gasteiger partial charge in [-0.2, -0.15) is 0 Å². The number of ether oxygens (including phenoxy) is 1. The predicted molar refractivity (Wildman–Crippen MR) is 133 cm³/mol. The van der Waals surface area contributed by atoms with Crippen LogP contribution in [0.15, 0.2) is 36.3 Å². The largest absolute Gasteiger partial charge is 0.489 e. The molecule has 1 aromatic heterocycles. The van der Waals surface area contributed by atoms with E-state index in [2.05, 4.69) is 21.8 Å². The van der Waals surface area contributed by atoms with Crippen molar-refractivity contribution in [3.63, 3.8) is 0 Å². The van der Waals surface area contributed by atoms with Gasteiger partial charge in [-0.25, -0.2) is 14.4 Å². The molecule has 35 heavy (non-hydrogen) atoms. The summed E-state index contributed by atoms with van der Waals surface area (Å²) in [6, 6.07) is 5.23. The minimum atomic E-state index is -0.423. The van der Waals surface area contributed by atoms with Crippen molar-refractivity contribution < 1.29 is 13.9 Å². The van der Waals surface area contributed by atoms with Gasteiger partial charge in [-0.05, 0) is 57.2 Å². The summed E-state index contributed by atoms with van der Waals surface area (Å²) in [5, 5.41) is 0.427. The van der Waals surface area contributed by atoms with Gasteiger partial charge in [-0.3, -0.25) is 9.69 Å². The maximum atomic E-state index is 14.2. The lowest BCUT2D eigenvalue weighted by molar-refractivity contribution is 0.0788. The molecule has 2 aromatic rings. The number of halogens is 2. The van der Waals surface area contributed by atoms with Crippen LogP contribution < -0.4 is 10.5 Å². The van der Waals surface area contributed by atoms with Crippen molar-refractivity contribution in [2.75, 3.05) is 19.6 Å². The van der Waals surface area contributed by atoms with Crippen LogP contribution in [0.2, 0.25) is 5.02 Å². The van der Waals surface area contributed by atoms with Crippen molar-refractivity contribution in [1.82, 2.24) is 19.8 Å². The van der Waals surface area contributed by atoms with Gasteiger partial charge in [0.15, 0.2) is 5.82 Å². The van der Waals surface area contributed by atoms with Crippen molar-refractivity contribution in [2.45, 2.75) is 63.6 Å². The molecular weight excluding hydrogens is 469 g/mol. The summed E-state index contributed by atoms with van der Waals surface area (Å²) >= 11 is 5.89. The number of benzene rings is 1. The minimum Gasteiger partial charge on any atom is -0.489 e. The second kappa shape index (κ2) is 10.1. The molecule has 7 nitrogen and oxygen atoms in total. The lowest BCUT2D eigenvalue weighted by Gasteiger charge is -2.28. The van der Waals surface area contributed by atoms with E-state index in [0.29, 0.717) is 45.5 Å². The summed E-state index contributed by atoms with van der Waals surface area (Å²) in [5.74, 6) is 0.0702. The van der Waals surface area contributed by atoms with Crippen LogP contribution in [0, 0.1) is 5.82 Å². The van der Waals surface area contributed by atoms with Crippen molar-refractivity contribution in [2.24, 2.45) is 5.73 Å². The van der Waals surface area contributed by atoms with E-state index in [-0.39, 0.29) is 25.1 Å². The van der Waals surface area contributed by atoms with Gasteiger partial charge in [0.25, 0.3) is 5.91 Å². The van der Waals surface area contributed by atoms with Gasteiger partial charge in [-0.1, -0.05) is 18.5 Å². The average Bonchev–Trinajstić information content (AvgIpc) is 3.35. The van der Waals surface area contributed by atoms with Crippen LogP contribution in [0.3, 0.4) is 0 Å². The molecule has 186 valence electrons. The molecular formula is C26H31ClFN5O2. The van der Waals surface area contributed by atoms with Gasteiger partial charge in [-0.15, -0.1) is 0 Å².